The zero-order valence-electron chi connectivity index (χ0n) is 18.5. The molecule has 3 heterocycles. The van der Waals surface area contributed by atoms with Crippen molar-refractivity contribution in [2.45, 2.75) is 19.3 Å². The zero-order chi connectivity index (χ0) is 22.4. The topological polar surface area (TPSA) is 75.7 Å². The van der Waals surface area contributed by atoms with Crippen LogP contribution >= 0.6 is 0 Å². The van der Waals surface area contributed by atoms with E-state index in [1.807, 2.05) is 24.3 Å². The summed E-state index contributed by atoms with van der Waals surface area (Å²) in [6.07, 6.45) is 0.910. The molecule has 1 unspecified atom stereocenters. The fourth-order valence-electron chi connectivity index (χ4n) is 4.72. The summed E-state index contributed by atoms with van der Waals surface area (Å²) in [7, 11) is 4.71. The molecule has 1 atom stereocenters. The summed E-state index contributed by atoms with van der Waals surface area (Å²) in [4.78, 5) is 15.1. The third-order valence-electron chi connectivity index (χ3n) is 6.08. The van der Waals surface area contributed by atoms with Crippen LogP contribution in [0.4, 0.5) is 5.69 Å². The van der Waals surface area contributed by atoms with Crippen molar-refractivity contribution < 1.29 is 33.2 Å². The van der Waals surface area contributed by atoms with E-state index in [0.717, 1.165) is 35.5 Å². The Morgan fingerprint density at radius 1 is 0.969 bits per heavy atom. The highest BCUT2D eigenvalue weighted by molar-refractivity contribution is 5.98. The van der Waals surface area contributed by atoms with Gasteiger partial charge in [-0.05, 0) is 35.7 Å². The Morgan fingerprint density at radius 2 is 1.66 bits per heavy atom. The smallest absolute Gasteiger partial charge is 0.337 e. The van der Waals surface area contributed by atoms with E-state index in [9.17, 15) is 4.79 Å². The normalized spacial score (nSPS) is 18.3. The molecule has 0 aromatic heterocycles. The summed E-state index contributed by atoms with van der Waals surface area (Å²) < 4.78 is 33.5. The summed E-state index contributed by atoms with van der Waals surface area (Å²) >= 11 is 0. The number of hydrogen-bond donors (Lipinski definition) is 0. The highest BCUT2D eigenvalue weighted by Crippen LogP contribution is 2.53. The molecule has 2 aromatic carbocycles. The largest absolute Gasteiger partial charge is 0.493 e. The molecular weight excluding hydrogens is 414 g/mol. The Morgan fingerprint density at radius 3 is 2.28 bits per heavy atom. The Kier molecular flexibility index (Phi) is 5.00. The molecule has 3 aliphatic heterocycles. The Balaban J connectivity index is 1.77. The van der Waals surface area contributed by atoms with Crippen LogP contribution in [0.2, 0.25) is 0 Å². The lowest BCUT2D eigenvalue weighted by molar-refractivity contribution is -0.136. The van der Waals surface area contributed by atoms with Crippen LogP contribution in [0.15, 0.2) is 35.5 Å². The van der Waals surface area contributed by atoms with Gasteiger partial charge in [-0.1, -0.05) is 6.92 Å². The number of ether oxygens (including phenoxy) is 6. The van der Waals surface area contributed by atoms with Crippen molar-refractivity contribution in [3.63, 3.8) is 0 Å². The molecule has 0 bridgehead atoms. The second kappa shape index (κ2) is 7.85. The van der Waals surface area contributed by atoms with Gasteiger partial charge < -0.3 is 33.3 Å². The molecule has 8 heteroatoms. The second-order valence-corrected chi connectivity index (χ2v) is 7.74. The van der Waals surface area contributed by atoms with Crippen LogP contribution in [0.25, 0.3) is 0 Å². The molecule has 8 nitrogen and oxygen atoms in total. The molecule has 0 saturated carbocycles. The first-order valence-corrected chi connectivity index (χ1v) is 10.5. The lowest BCUT2D eigenvalue weighted by Crippen LogP contribution is -2.31. The first-order valence-electron chi connectivity index (χ1n) is 10.5. The van der Waals surface area contributed by atoms with E-state index < -0.39 is 0 Å². The number of anilines is 1. The van der Waals surface area contributed by atoms with E-state index in [4.69, 9.17) is 28.4 Å². The number of hydrogen-bond acceptors (Lipinski definition) is 8. The first kappa shape index (κ1) is 20.4. The van der Waals surface area contributed by atoms with Crippen molar-refractivity contribution in [3.8, 4) is 28.7 Å². The van der Waals surface area contributed by atoms with Crippen LogP contribution in [0.1, 0.15) is 30.4 Å². The van der Waals surface area contributed by atoms with Crippen LogP contribution < -0.4 is 28.6 Å². The molecule has 0 spiro atoms. The predicted octanol–water partition coefficient (Wildman–Crippen LogP) is 3.61. The Hall–Kier alpha value is -3.55. The lowest BCUT2D eigenvalue weighted by atomic mass is 9.80. The van der Waals surface area contributed by atoms with Crippen LogP contribution in [0, 0.1) is 0 Å². The second-order valence-electron chi connectivity index (χ2n) is 7.74. The fourth-order valence-corrected chi connectivity index (χ4v) is 4.72. The third-order valence-corrected chi connectivity index (χ3v) is 6.08. The lowest BCUT2D eigenvalue weighted by Gasteiger charge is -2.36. The highest BCUT2D eigenvalue weighted by atomic mass is 16.7. The molecular formula is C24H25NO7. The average Bonchev–Trinajstić information content (AvgIpc) is 3.43. The molecule has 168 valence electrons. The molecule has 0 amide bonds. The molecule has 32 heavy (non-hydrogen) atoms. The zero-order valence-corrected chi connectivity index (χ0v) is 18.5. The maximum Gasteiger partial charge on any atom is 0.337 e. The van der Waals surface area contributed by atoms with Gasteiger partial charge in [-0.3, -0.25) is 0 Å². The molecule has 0 saturated heterocycles. The van der Waals surface area contributed by atoms with Crippen LogP contribution in [-0.2, 0) is 9.53 Å². The van der Waals surface area contributed by atoms with E-state index in [0.29, 0.717) is 34.3 Å². The van der Waals surface area contributed by atoms with Gasteiger partial charge in [0.1, 0.15) is 6.61 Å². The fraction of sp³-hybridized carbons (Fsp3) is 0.375. The predicted molar refractivity (Wildman–Crippen MR) is 116 cm³/mol. The molecule has 2 aromatic rings. The third kappa shape index (κ3) is 2.93. The molecule has 5 rings (SSSR count). The maximum absolute atomic E-state index is 13.0. The van der Waals surface area contributed by atoms with Crippen molar-refractivity contribution >= 4 is 11.7 Å². The maximum atomic E-state index is 13.0. The van der Waals surface area contributed by atoms with Crippen LogP contribution in [0.3, 0.4) is 0 Å². The van der Waals surface area contributed by atoms with E-state index in [2.05, 4.69) is 11.8 Å². The van der Waals surface area contributed by atoms with Crippen LogP contribution in [-0.4, -0.2) is 47.2 Å². The summed E-state index contributed by atoms with van der Waals surface area (Å²) in [6, 6.07) is 7.71. The molecule has 0 radical (unpaired) electrons. The number of fused-ring (bicyclic) bond motifs is 2. The van der Waals surface area contributed by atoms with Gasteiger partial charge in [0, 0.05) is 24.2 Å². The number of nitrogens with zero attached hydrogens (tertiary/aromatic N) is 1. The molecule has 0 N–H and O–H groups in total. The summed E-state index contributed by atoms with van der Waals surface area (Å²) in [6.45, 7) is 3.28. The minimum atomic E-state index is -0.383. The minimum absolute atomic E-state index is 0.177. The van der Waals surface area contributed by atoms with Gasteiger partial charge in [0.25, 0.3) is 0 Å². The van der Waals surface area contributed by atoms with Crippen molar-refractivity contribution in [2.24, 2.45) is 0 Å². The van der Waals surface area contributed by atoms with Crippen LogP contribution in [0.5, 0.6) is 28.7 Å². The number of carbonyl (C=O) groups excluding carboxylic acids is 1. The average molecular weight is 439 g/mol. The quantitative estimate of drug-likeness (QED) is 0.632. The standard InChI is InChI=1S/C24H25NO7/c1-5-6-25-15-10-18-17(31-12-32-18)9-14(15)21(22-16(25)11-30-24(22)26)13-7-19(27-2)23(29-4)20(8-13)28-3/h7-10,21H,5-6,11-12H2,1-4H3. The number of esters is 1. The Labute approximate surface area is 186 Å². The Bertz CT molecular complexity index is 1100. The summed E-state index contributed by atoms with van der Waals surface area (Å²) in [5.41, 5.74) is 4.25. The monoisotopic (exact) mass is 439 g/mol. The van der Waals surface area contributed by atoms with Gasteiger partial charge >= 0.3 is 5.97 Å². The van der Waals surface area contributed by atoms with Gasteiger partial charge in [0.15, 0.2) is 23.0 Å². The van der Waals surface area contributed by atoms with Gasteiger partial charge in [-0.15, -0.1) is 0 Å². The number of cyclic esters (lactones) is 1. The van der Waals surface area contributed by atoms with E-state index in [1.54, 1.807) is 21.3 Å². The van der Waals surface area contributed by atoms with Crippen molar-refractivity contribution in [3.05, 3.63) is 46.7 Å². The molecule has 3 aliphatic rings. The highest BCUT2D eigenvalue weighted by Gasteiger charge is 2.43. The van der Waals surface area contributed by atoms with Gasteiger partial charge in [0.05, 0.1) is 32.6 Å². The first-order chi connectivity index (χ1) is 15.6. The van der Waals surface area contributed by atoms with E-state index >= 15 is 0 Å². The number of methoxy groups -OCH3 is 3. The number of benzene rings is 2. The van der Waals surface area contributed by atoms with Gasteiger partial charge in [-0.2, -0.15) is 0 Å². The van der Waals surface area contributed by atoms with Gasteiger partial charge in [0.2, 0.25) is 12.5 Å². The van der Waals surface area contributed by atoms with E-state index in [1.165, 1.54) is 0 Å². The van der Waals surface area contributed by atoms with Gasteiger partial charge in [-0.25, -0.2) is 4.79 Å². The van der Waals surface area contributed by atoms with Crippen molar-refractivity contribution in [1.82, 2.24) is 0 Å². The number of rotatable bonds is 6. The van der Waals surface area contributed by atoms with E-state index in [-0.39, 0.29) is 25.3 Å². The SMILES string of the molecule is CCCN1C2=C(C(=O)OC2)C(c2cc(OC)c(OC)c(OC)c2)c2cc3c(cc21)OCO3. The molecule has 0 fully saturated rings. The minimum Gasteiger partial charge on any atom is -0.493 e. The molecule has 0 aliphatic carbocycles. The summed E-state index contributed by atoms with van der Waals surface area (Å²) in [5.74, 6) is 2.20. The van der Waals surface area contributed by atoms with Crippen molar-refractivity contribution in [1.29, 1.82) is 0 Å². The summed E-state index contributed by atoms with van der Waals surface area (Å²) in [5, 5.41) is 0. The van der Waals surface area contributed by atoms with Crippen molar-refractivity contribution in [2.75, 3.05) is 46.2 Å². The number of carbonyl (C=O) groups is 1.